The Bertz CT molecular complexity index is 1930. The number of carbonyl (C=O) groups excluding carboxylic acids is 1. The number of ether oxygens (including phenoxy) is 2. The Kier molecular flexibility index (Phi) is 8.23. The summed E-state index contributed by atoms with van der Waals surface area (Å²) >= 11 is 1.27. The van der Waals surface area contributed by atoms with Crippen LogP contribution in [0.2, 0.25) is 0 Å². The first-order valence-corrected chi connectivity index (χ1v) is 14.8. The highest BCUT2D eigenvalue weighted by Crippen LogP contribution is 2.32. The molecule has 0 unspecified atom stereocenters. The number of hydrogen-bond donors (Lipinski definition) is 1. The van der Waals surface area contributed by atoms with E-state index in [-0.39, 0.29) is 23.8 Å². The third kappa shape index (κ3) is 5.70. The fraction of sp³-hybridized carbons (Fsp3) is 0.273. The Morgan fingerprint density at radius 3 is 2.35 bits per heavy atom. The van der Waals surface area contributed by atoms with Crippen molar-refractivity contribution >= 4 is 29.4 Å². The fourth-order valence-electron chi connectivity index (χ4n) is 5.33. The summed E-state index contributed by atoms with van der Waals surface area (Å²) in [7, 11) is 0. The summed E-state index contributed by atoms with van der Waals surface area (Å²) in [6.45, 7) is 11.5. The van der Waals surface area contributed by atoms with E-state index in [1.165, 1.54) is 11.3 Å². The second-order valence-corrected chi connectivity index (χ2v) is 11.6. The molecule has 1 N–H and O–H groups in total. The quantitative estimate of drug-likeness (QED) is 0.294. The Morgan fingerprint density at radius 2 is 1.74 bits per heavy atom. The summed E-state index contributed by atoms with van der Waals surface area (Å²) in [6.07, 6.45) is 1.85. The minimum atomic E-state index is -0.983. The van der Waals surface area contributed by atoms with Crippen LogP contribution < -0.4 is 19.6 Å². The first-order chi connectivity index (χ1) is 20.5. The van der Waals surface area contributed by atoms with Gasteiger partial charge in [-0.25, -0.2) is 14.6 Å². The molecule has 9 nitrogen and oxygen atoms in total. The van der Waals surface area contributed by atoms with Crippen LogP contribution in [-0.2, 0) is 9.53 Å². The van der Waals surface area contributed by atoms with Crippen molar-refractivity contribution < 1.29 is 24.2 Å². The van der Waals surface area contributed by atoms with Crippen molar-refractivity contribution in [1.82, 2.24) is 9.13 Å². The average molecular weight is 600 g/mol. The van der Waals surface area contributed by atoms with Crippen LogP contribution in [0.15, 0.2) is 75.7 Å². The van der Waals surface area contributed by atoms with Crippen molar-refractivity contribution in [2.24, 2.45) is 4.99 Å². The number of carboxylic acids is 1. The van der Waals surface area contributed by atoms with Crippen LogP contribution in [0.25, 0.3) is 11.8 Å². The van der Waals surface area contributed by atoms with E-state index in [2.05, 4.69) is 4.99 Å². The molecule has 0 fully saturated rings. The van der Waals surface area contributed by atoms with E-state index in [1.807, 2.05) is 68.7 Å². The number of aromatic carboxylic acids is 1. The predicted molar refractivity (Wildman–Crippen MR) is 165 cm³/mol. The van der Waals surface area contributed by atoms with Gasteiger partial charge < -0.3 is 19.1 Å². The zero-order valence-corrected chi connectivity index (χ0v) is 25.7. The van der Waals surface area contributed by atoms with Gasteiger partial charge in [0.2, 0.25) is 0 Å². The number of hydrogen-bond acceptors (Lipinski definition) is 7. The number of aromatic nitrogens is 2. The summed E-state index contributed by atoms with van der Waals surface area (Å²) in [4.78, 5) is 43.7. The van der Waals surface area contributed by atoms with Gasteiger partial charge in [-0.15, -0.1) is 0 Å². The number of carbonyl (C=O) groups is 2. The van der Waals surface area contributed by atoms with Crippen LogP contribution in [0.4, 0.5) is 0 Å². The van der Waals surface area contributed by atoms with Crippen molar-refractivity contribution in [1.29, 1.82) is 0 Å². The molecule has 0 radical (unpaired) electrons. The molecule has 43 heavy (non-hydrogen) atoms. The van der Waals surface area contributed by atoms with Gasteiger partial charge in [-0.1, -0.05) is 23.5 Å². The maximum atomic E-state index is 14.0. The van der Waals surface area contributed by atoms with Gasteiger partial charge in [0.05, 0.1) is 40.1 Å². The molecule has 1 aliphatic heterocycles. The SMILES string of the molecule is CCOC(=O)C1=C(C)N=c2s/c(=C\c3cc(C)n(-c4ccc(C(=O)O)cc4)c3C)c(=O)n2[C@H]1c1ccc(OC(C)C)cc1. The molecule has 0 bridgehead atoms. The molecule has 2 aromatic carbocycles. The van der Waals surface area contributed by atoms with E-state index in [1.54, 1.807) is 42.7 Å². The highest BCUT2D eigenvalue weighted by atomic mass is 32.1. The standard InChI is InChI=1S/C33H33N3O6S/c1-7-41-32(40)28-20(5)34-33-36(29(28)22-10-14-26(15-11-22)42-18(2)3)30(37)27(43-33)17-24-16-19(4)35(21(24)6)25-12-8-23(9-13-25)31(38)39/h8-18,29H,7H2,1-6H3,(H,38,39)/b27-17-/t29-/m0/s1. The molecule has 0 amide bonds. The van der Waals surface area contributed by atoms with Gasteiger partial charge >= 0.3 is 11.9 Å². The predicted octanol–water partition coefficient (Wildman–Crippen LogP) is 4.69. The van der Waals surface area contributed by atoms with Crippen LogP contribution in [0.5, 0.6) is 5.75 Å². The van der Waals surface area contributed by atoms with Gasteiger partial charge in [0, 0.05) is 17.1 Å². The van der Waals surface area contributed by atoms with Gasteiger partial charge in [-0.05, 0) is 101 Å². The van der Waals surface area contributed by atoms with Crippen molar-refractivity contribution in [3.8, 4) is 11.4 Å². The number of aryl methyl sites for hydroxylation is 1. The van der Waals surface area contributed by atoms with Crippen LogP contribution in [0, 0.1) is 13.8 Å². The normalized spacial score (nSPS) is 15.0. The van der Waals surface area contributed by atoms with Gasteiger partial charge in [-0.3, -0.25) is 9.36 Å². The lowest BCUT2D eigenvalue weighted by Gasteiger charge is -2.25. The van der Waals surface area contributed by atoms with E-state index in [4.69, 9.17) is 9.47 Å². The van der Waals surface area contributed by atoms with Gasteiger partial charge in [-0.2, -0.15) is 0 Å². The zero-order valence-electron chi connectivity index (χ0n) is 24.9. The number of fused-ring (bicyclic) bond motifs is 1. The van der Waals surface area contributed by atoms with E-state index in [0.717, 1.165) is 28.2 Å². The molecule has 0 aliphatic carbocycles. The molecule has 2 aromatic heterocycles. The smallest absolute Gasteiger partial charge is 0.338 e. The third-order valence-corrected chi connectivity index (χ3v) is 8.20. The number of allylic oxidation sites excluding steroid dienone is 1. The molecule has 222 valence electrons. The molecule has 10 heteroatoms. The van der Waals surface area contributed by atoms with E-state index in [9.17, 15) is 19.5 Å². The number of thiazole rings is 1. The second-order valence-electron chi connectivity index (χ2n) is 10.6. The molecular formula is C33H33N3O6S. The molecule has 4 aromatic rings. The third-order valence-electron chi connectivity index (χ3n) is 7.21. The Morgan fingerprint density at radius 1 is 1.07 bits per heavy atom. The fourth-order valence-corrected chi connectivity index (χ4v) is 6.37. The van der Waals surface area contributed by atoms with Crippen LogP contribution in [0.3, 0.4) is 0 Å². The maximum Gasteiger partial charge on any atom is 0.338 e. The number of esters is 1. The molecule has 1 aliphatic rings. The monoisotopic (exact) mass is 599 g/mol. The summed E-state index contributed by atoms with van der Waals surface area (Å²) in [5, 5.41) is 9.26. The summed E-state index contributed by atoms with van der Waals surface area (Å²) in [5.74, 6) is -0.802. The molecule has 0 spiro atoms. The van der Waals surface area contributed by atoms with Crippen molar-refractivity contribution in [3.05, 3.63) is 114 Å². The average Bonchev–Trinajstić information content (AvgIpc) is 3.41. The number of benzene rings is 2. The molecule has 0 saturated carbocycles. The Hall–Kier alpha value is -4.70. The van der Waals surface area contributed by atoms with Crippen molar-refractivity contribution in [3.63, 3.8) is 0 Å². The van der Waals surface area contributed by atoms with E-state index >= 15 is 0 Å². The van der Waals surface area contributed by atoms with Gasteiger partial charge in [0.25, 0.3) is 5.56 Å². The lowest BCUT2D eigenvalue weighted by molar-refractivity contribution is -0.139. The zero-order chi connectivity index (χ0) is 31.0. The Labute approximate surface area is 252 Å². The first kappa shape index (κ1) is 29.8. The highest BCUT2D eigenvalue weighted by Gasteiger charge is 2.33. The van der Waals surface area contributed by atoms with Crippen LogP contribution in [-0.4, -0.2) is 38.9 Å². The van der Waals surface area contributed by atoms with Crippen LogP contribution in [0.1, 0.15) is 66.6 Å². The van der Waals surface area contributed by atoms with Crippen LogP contribution >= 0.6 is 11.3 Å². The molecule has 0 saturated heterocycles. The molecular weight excluding hydrogens is 566 g/mol. The number of carboxylic acid groups (broad SMARTS) is 1. The lowest BCUT2D eigenvalue weighted by Crippen LogP contribution is -2.39. The molecule has 5 rings (SSSR count). The minimum Gasteiger partial charge on any atom is -0.491 e. The van der Waals surface area contributed by atoms with Crippen molar-refractivity contribution in [2.45, 2.75) is 53.7 Å². The molecule has 1 atom stereocenters. The maximum absolute atomic E-state index is 14.0. The van der Waals surface area contributed by atoms with Crippen molar-refractivity contribution in [2.75, 3.05) is 6.61 Å². The lowest BCUT2D eigenvalue weighted by atomic mass is 9.96. The largest absolute Gasteiger partial charge is 0.491 e. The minimum absolute atomic E-state index is 0.00631. The summed E-state index contributed by atoms with van der Waals surface area (Å²) in [5.41, 5.74) is 5.00. The Balaban J connectivity index is 1.63. The second kappa shape index (κ2) is 11.9. The van der Waals surface area contributed by atoms with E-state index in [0.29, 0.717) is 26.4 Å². The number of nitrogens with zero attached hydrogens (tertiary/aromatic N) is 3. The summed E-state index contributed by atoms with van der Waals surface area (Å²) < 4.78 is 15.3. The van der Waals surface area contributed by atoms with E-state index < -0.39 is 18.0 Å². The van der Waals surface area contributed by atoms with Gasteiger partial charge in [0.15, 0.2) is 4.80 Å². The highest BCUT2D eigenvalue weighted by molar-refractivity contribution is 7.07. The molecule has 3 heterocycles. The number of rotatable bonds is 8. The van der Waals surface area contributed by atoms with Gasteiger partial charge in [0.1, 0.15) is 5.75 Å². The topological polar surface area (TPSA) is 112 Å². The first-order valence-electron chi connectivity index (χ1n) is 14.0. The summed E-state index contributed by atoms with van der Waals surface area (Å²) in [6, 6.07) is 15.3.